The summed E-state index contributed by atoms with van der Waals surface area (Å²) in [5, 5.41) is 20.7. The first kappa shape index (κ1) is 15.0. The average Bonchev–Trinajstić information content (AvgIpc) is 2.93. The van der Waals surface area contributed by atoms with Gasteiger partial charge < -0.3 is 9.84 Å². The van der Waals surface area contributed by atoms with Crippen LogP contribution < -0.4 is 4.74 Å². The van der Waals surface area contributed by atoms with Gasteiger partial charge in [0.2, 0.25) is 0 Å². The third-order valence-corrected chi connectivity index (χ3v) is 3.31. The van der Waals surface area contributed by atoms with Gasteiger partial charge in [-0.05, 0) is 40.6 Å². The molecule has 7 nitrogen and oxygen atoms in total. The number of nitrogens with zero attached hydrogens (tertiary/aromatic N) is 4. The summed E-state index contributed by atoms with van der Waals surface area (Å²) in [6, 6.07) is 7.03. The molecule has 0 amide bonds. The Kier molecular flexibility index (Phi) is 4.52. The van der Waals surface area contributed by atoms with Crippen LogP contribution in [-0.2, 0) is 4.79 Å². The third-order valence-electron chi connectivity index (χ3n) is 3.31. The Balaban J connectivity index is 2.37. The molecule has 0 saturated carbocycles. The van der Waals surface area contributed by atoms with Crippen LogP contribution in [0.4, 0.5) is 0 Å². The van der Waals surface area contributed by atoms with E-state index in [9.17, 15) is 4.79 Å². The number of benzene rings is 1. The van der Waals surface area contributed by atoms with Crippen LogP contribution in [0.3, 0.4) is 0 Å². The molecule has 0 spiro atoms. The number of methoxy groups -OCH3 is 1. The molecule has 0 fully saturated rings. The predicted molar refractivity (Wildman–Crippen MR) is 75.9 cm³/mol. The second kappa shape index (κ2) is 6.34. The van der Waals surface area contributed by atoms with Gasteiger partial charge in [0.1, 0.15) is 5.75 Å². The Morgan fingerprint density at radius 1 is 1.33 bits per heavy atom. The topological polar surface area (TPSA) is 90.1 Å². The fraction of sp³-hybridized carbons (Fsp3) is 0.429. The molecule has 0 aliphatic carbocycles. The molecule has 1 unspecified atom stereocenters. The lowest BCUT2D eigenvalue weighted by Crippen LogP contribution is -2.21. The average molecular weight is 290 g/mol. The maximum Gasteiger partial charge on any atom is 0.305 e. The van der Waals surface area contributed by atoms with Gasteiger partial charge in [-0.15, -0.1) is 5.10 Å². The van der Waals surface area contributed by atoms with Crippen molar-refractivity contribution >= 4 is 5.97 Å². The zero-order valence-electron chi connectivity index (χ0n) is 12.2. The number of carboxylic acids is 1. The molecule has 2 rings (SSSR count). The van der Waals surface area contributed by atoms with Crippen LogP contribution in [0.25, 0.3) is 11.4 Å². The molecule has 0 saturated heterocycles. The van der Waals surface area contributed by atoms with Gasteiger partial charge in [-0.25, -0.2) is 4.68 Å². The van der Waals surface area contributed by atoms with E-state index in [1.807, 2.05) is 38.1 Å². The van der Waals surface area contributed by atoms with Gasteiger partial charge in [0.05, 0.1) is 19.6 Å². The van der Waals surface area contributed by atoms with Crippen LogP contribution in [0.2, 0.25) is 0 Å². The number of rotatable bonds is 6. The van der Waals surface area contributed by atoms with Crippen molar-refractivity contribution in [3.05, 3.63) is 24.3 Å². The second-order valence-electron chi connectivity index (χ2n) is 5.08. The number of ether oxygens (including phenoxy) is 1. The smallest absolute Gasteiger partial charge is 0.305 e. The number of hydrogen-bond acceptors (Lipinski definition) is 5. The molecule has 1 aromatic carbocycles. The monoisotopic (exact) mass is 290 g/mol. The van der Waals surface area contributed by atoms with Gasteiger partial charge >= 0.3 is 5.97 Å². The first-order valence-corrected chi connectivity index (χ1v) is 6.67. The Bertz CT molecular complexity index is 607. The minimum Gasteiger partial charge on any atom is -0.497 e. The minimum absolute atomic E-state index is 0.0220. The molecule has 112 valence electrons. The summed E-state index contributed by atoms with van der Waals surface area (Å²) in [6.45, 7) is 3.90. The molecule has 0 aliphatic rings. The van der Waals surface area contributed by atoms with Crippen molar-refractivity contribution in [2.75, 3.05) is 7.11 Å². The van der Waals surface area contributed by atoms with Crippen LogP contribution in [0.15, 0.2) is 24.3 Å². The van der Waals surface area contributed by atoms with Crippen LogP contribution in [0.1, 0.15) is 26.3 Å². The van der Waals surface area contributed by atoms with Crippen molar-refractivity contribution < 1.29 is 14.6 Å². The highest BCUT2D eigenvalue weighted by molar-refractivity contribution is 5.67. The van der Waals surface area contributed by atoms with Gasteiger partial charge in [-0.2, -0.15) is 0 Å². The zero-order valence-corrected chi connectivity index (χ0v) is 12.2. The fourth-order valence-corrected chi connectivity index (χ4v) is 2.13. The lowest BCUT2D eigenvalue weighted by atomic mass is 10.0. The highest BCUT2D eigenvalue weighted by Gasteiger charge is 2.24. The number of aliphatic carboxylic acids is 1. The summed E-state index contributed by atoms with van der Waals surface area (Å²) >= 11 is 0. The van der Waals surface area contributed by atoms with Crippen LogP contribution in [0, 0.1) is 5.92 Å². The van der Waals surface area contributed by atoms with E-state index in [1.165, 1.54) is 0 Å². The van der Waals surface area contributed by atoms with E-state index >= 15 is 0 Å². The lowest BCUT2D eigenvalue weighted by molar-refractivity contribution is -0.138. The van der Waals surface area contributed by atoms with Gasteiger partial charge in [-0.1, -0.05) is 13.8 Å². The largest absolute Gasteiger partial charge is 0.497 e. The lowest BCUT2D eigenvalue weighted by Gasteiger charge is -2.20. The summed E-state index contributed by atoms with van der Waals surface area (Å²) in [6.07, 6.45) is -0.0220. The molecule has 7 heteroatoms. The normalized spacial score (nSPS) is 12.4. The van der Waals surface area contributed by atoms with Crippen molar-refractivity contribution in [1.82, 2.24) is 20.2 Å². The molecule has 2 aromatic rings. The summed E-state index contributed by atoms with van der Waals surface area (Å²) < 4.78 is 6.70. The highest BCUT2D eigenvalue weighted by atomic mass is 16.5. The molecule has 0 radical (unpaired) electrons. The third kappa shape index (κ3) is 3.36. The maximum absolute atomic E-state index is 11.0. The number of aromatic nitrogens is 4. The zero-order chi connectivity index (χ0) is 15.4. The van der Waals surface area contributed by atoms with Gasteiger partial charge in [-0.3, -0.25) is 4.79 Å². The molecular formula is C14H18N4O3. The first-order valence-electron chi connectivity index (χ1n) is 6.67. The van der Waals surface area contributed by atoms with Crippen molar-refractivity contribution in [1.29, 1.82) is 0 Å². The SMILES string of the molecule is COc1ccc(-c2nnnn2C(CC(=O)O)C(C)C)cc1. The van der Waals surface area contributed by atoms with Crippen LogP contribution >= 0.6 is 0 Å². The fourth-order valence-electron chi connectivity index (χ4n) is 2.13. The Labute approximate surface area is 122 Å². The maximum atomic E-state index is 11.0. The predicted octanol–water partition coefficient (Wildman–Crippen LogP) is 2.02. The Hall–Kier alpha value is -2.44. The molecule has 1 heterocycles. The second-order valence-corrected chi connectivity index (χ2v) is 5.08. The van der Waals surface area contributed by atoms with Crippen molar-refractivity contribution in [2.45, 2.75) is 26.3 Å². The number of tetrazole rings is 1. The quantitative estimate of drug-likeness (QED) is 0.875. The van der Waals surface area contributed by atoms with Crippen molar-refractivity contribution in [3.8, 4) is 17.1 Å². The molecular weight excluding hydrogens is 272 g/mol. The van der Waals surface area contributed by atoms with Crippen molar-refractivity contribution in [2.24, 2.45) is 5.92 Å². The van der Waals surface area contributed by atoms with E-state index in [0.29, 0.717) is 5.82 Å². The Morgan fingerprint density at radius 3 is 2.52 bits per heavy atom. The van der Waals surface area contributed by atoms with Gasteiger partial charge in [0.25, 0.3) is 0 Å². The molecule has 0 bridgehead atoms. The number of hydrogen-bond donors (Lipinski definition) is 1. The first-order chi connectivity index (χ1) is 10.0. The van der Waals surface area contributed by atoms with E-state index in [0.717, 1.165) is 11.3 Å². The van der Waals surface area contributed by atoms with Gasteiger partial charge in [0, 0.05) is 5.56 Å². The van der Waals surface area contributed by atoms with Gasteiger partial charge in [0.15, 0.2) is 5.82 Å². The molecule has 1 N–H and O–H groups in total. The molecule has 1 aromatic heterocycles. The van der Waals surface area contributed by atoms with E-state index in [2.05, 4.69) is 15.5 Å². The van der Waals surface area contributed by atoms with Crippen LogP contribution in [-0.4, -0.2) is 38.4 Å². The standard InChI is InChI=1S/C14H18N4O3/c1-9(2)12(8-13(19)20)18-14(15-16-17-18)10-4-6-11(21-3)7-5-10/h4-7,9,12H,8H2,1-3H3,(H,19,20). The highest BCUT2D eigenvalue weighted by Crippen LogP contribution is 2.27. The summed E-state index contributed by atoms with van der Waals surface area (Å²) in [4.78, 5) is 11.0. The molecule has 21 heavy (non-hydrogen) atoms. The van der Waals surface area contributed by atoms with Crippen LogP contribution in [0.5, 0.6) is 5.75 Å². The summed E-state index contributed by atoms with van der Waals surface area (Å²) in [7, 11) is 1.60. The molecule has 1 atom stereocenters. The summed E-state index contributed by atoms with van der Waals surface area (Å²) in [5.74, 6) is 0.521. The van der Waals surface area contributed by atoms with Crippen molar-refractivity contribution in [3.63, 3.8) is 0 Å². The van der Waals surface area contributed by atoms with E-state index in [1.54, 1.807) is 11.8 Å². The minimum atomic E-state index is -0.870. The molecule has 0 aliphatic heterocycles. The Morgan fingerprint density at radius 2 is 2.00 bits per heavy atom. The van der Waals surface area contributed by atoms with E-state index in [-0.39, 0.29) is 18.4 Å². The number of carbonyl (C=O) groups is 1. The number of carboxylic acid groups (broad SMARTS) is 1. The van der Waals surface area contributed by atoms with E-state index < -0.39 is 5.97 Å². The summed E-state index contributed by atoms with van der Waals surface area (Å²) in [5.41, 5.74) is 0.817. The van der Waals surface area contributed by atoms with E-state index in [4.69, 9.17) is 9.84 Å².